The standard InChI is InChI=1S/C15H24N2OS/c1-10(2)13-9-19-14(16-13)15(17-12-4-5-12)6-7-18-11(3)8-15/h9-12,17H,4-8H2,1-3H3. The number of ether oxygens (including phenoxy) is 1. The molecule has 1 saturated heterocycles. The average Bonchev–Trinajstić information content (AvgIpc) is 3.01. The fraction of sp³-hybridized carbons (Fsp3) is 0.800. The van der Waals surface area contributed by atoms with E-state index in [1.807, 2.05) is 11.3 Å². The molecule has 2 atom stereocenters. The van der Waals surface area contributed by atoms with Crippen molar-refractivity contribution in [1.82, 2.24) is 10.3 Å². The van der Waals surface area contributed by atoms with Crippen molar-refractivity contribution in [2.24, 2.45) is 0 Å². The summed E-state index contributed by atoms with van der Waals surface area (Å²) in [5.74, 6) is 0.514. The highest BCUT2D eigenvalue weighted by Crippen LogP contribution is 2.40. The summed E-state index contributed by atoms with van der Waals surface area (Å²) in [6.07, 6.45) is 5.07. The van der Waals surface area contributed by atoms with Gasteiger partial charge < -0.3 is 10.1 Å². The number of thiazole rings is 1. The summed E-state index contributed by atoms with van der Waals surface area (Å²) < 4.78 is 5.75. The number of aromatic nitrogens is 1. The van der Waals surface area contributed by atoms with Gasteiger partial charge in [0.05, 0.1) is 17.3 Å². The first-order valence-corrected chi connectivity index (χ1v) is 8.32. The van der Waals surface area contributed by atoms with E-state index in [2.05, 4.69) is 31.5 Å². The fourth-order valence-electron chi connectivity index (χ4n) is 2.86. The van der Waals surface area contributed by atoms with Crippen LogP contribution in [-0.4, -0.2) is 23.7 Å². The van der Waals surface area contributed by atoms with Crippen LogP contribution in [0.1, 0.15) is 63.1 Å². The third-order valence-electron chi connectivity index (χ3n) is 4.15. The molecule has 1 aromatic rings. The molecule has 106 valence electrons. The van der Waals surface area contributed by atoms with Crippen LogP contribution in [0.25, 0.3) is 0 Å². The molecule has 0 spiro atoms. The number of nitrogens with zero attached hydrogens (tertiary/aromatic N) is 1. The molecule has 4 heteroatoms. The first-order valence-electron chi connectivity index (χ1n) is 7.44. The lowest BCUT2D eigenvalue weighted by Gasteiger charge is -2.39. The molecule has 0 amide bonds. The van der Waals surface area contributed by atoms with Gasteiger partial charge in [0, 0.05) is 18.0 Å². The van der Waals surface area contributed by atoms with Gasteiger partial charge in [-0.05, 0) is 38.5 Å². The topological polar surface area (TPSA) is 34.2 Å². The highest BCUT2D eigenvalue weighted by molar-refractivity contribution is 7.09. The Kier molecular flexibility index (Phi) is 3.67. The minimum absolute atomic E-state index is 0.0661. The lowest BCUT2D eigenvalue weighted by atomic mass is 9.87. The first kappa shape index (κ1) is 13.5. The third-order valence-corrected chi connectivity index (χ3v) is 5.21. The number of hydrogen-bond donors (Lipinski definition) is 1. The molecule has 1 aromatic heterocycles. The van der Waals surface area contributed by atoms with Crippen molar-refractivity contribution in [3.63, 3.8) is 0 Å². The Bertz CT molecular complexity index is 437. The van der Waals surface area contributed by atoms with Crippen LogP contribution >= 0.6 is 11.3 Å². The molecule has 0 radical (unpaired) electrons. The second-order valence-electron chi connectivity index (χ2n) is 6.37. The molecule has 1 saturated carbocycles. The van der Waals surface area contributed by atoms with Crippen LogP contribution in [0.5, 0.6) is 0 Å². The van der Waals surface area contributed by atoms with Crippen LogP contribution < -0.4 is 5.32 Å². The van der Waals surface area contributed by atoms with E-state index >= 15 is 0 Å². The van der Waals surface area contributed by atoms with E-state index < -0.39 is 0 Å². The molecule has 3 nitrogen and oxygen atoms in total. The molecule has 0 bridgehead atoms. The van der Waals surface area contributed by atoms with Crippen LogP contribution in [0.3, 0.4) is 0 Å². The maximum absolute atomic E-state index is 5.75. The minimum atomic E-state index is 0.0661. The Morgan fingerprint density at radius 2 is 2.26 bits per heavy atom. The van der Waals surface area contributed by atoms with Gasteiger partial charge in [-0.25, -0.2) is 4.98 Å². The van der Waals surface area contributed by atoms with E-state index in [1.165, 1.54) is 23.5 Å². The second kappa shape index (κ2) is 5.15. The zero-order valence-corrected chi connectivity index (χ0v) is 12.9. The third kappa shape index (κ3) is 2.86. The monoisotopic (exact) mass is 280 g/mol. The Morgan fingerprint density at radius 3 is 2.84 bits per heavy atom. The van der Waals surface area contributed by atoms with E-state index in [4.69, 9.17) is 9.72 Å². The predicted octanol–water partition coefficient (Wildman–Crippen LogP) is 3.41. The molecule has 1 N–H and O–H groups in total. The van der Waals surface area contributed by atoms with E-state index in [0.29, 0.717) is 18.1 Å². The molecule has 2 heterocycles. The smallest absolute Gasteiger partial charge is 0.113 e. The summed E-state index contributed by atoms with van der Waals surface area (Å²) in [6, 6.07) is 0.705. The Hall–Kier alpha value is -0.450. The molecule has 2 fully saturated rings. The maximum atomic E-state index is 5.75. The highest BCUT2D eigenvalue weighted by atomic mass is 32.1. The lowest BCUT2D eigenvalue weighted by molar-refractivity contribution is -0.0214. The van der Waals surface area contributed by atoms with Crippen molar-refractivity contribution in [3.05, 3.63) is 16.1 Å². The van der Waals surface area contributed by atoms with Crippen LogP contribution in [0.15, 0.2) is 5.38 Å². The quantitative estimate of drug-likeness (QED) is 0.917. The van der Waals surface area contributed by atoms with Crippen LogP contribution in [-0.2, 0) is 10.3 Å². The Labute approximate surface area is 119 Å². The number of rotatable bonds is 4. The molecular weight excluding hydrogens is 256 g/mol. The molecule has 2 aliphatic rings. The van der Waals surface area contributed by atoms with Crippen molar-refractivity contribution < 1.29 is 4.74 Å². The summed E-state index contributed by atoms with van der Waals surface area (Å²) in [4.78, 5) is 4.92. The van der Waals surface area contributed by atoms with Crippen molar-refractivity contribution in [1.29, 1.82) is 0 Å². The Balaban J connectivity index is 1.87. The zero-order chi connectivity index (χ0) is 13.5. The summed E-state index contributed by atoms with van der Waals surface area (Å²) in [5.41, 5.74) is 1.30. The first-order chi connectivity index (χ1) is 9.09. The second-order valence-corrected chi connectivity index (χ2v) is 7.23. The van der Waals surface area contributed by atoms with E-state index in [9.17, 15) is 0 Å². The fourth-order valence-corrected chi connectivity index (χ4v) is 4.05. The van der Waals surface area contributed by atoms with Crippen molar-refractivity contribution >= 4 is 11.3 Å². The number of nitrogens with one attached hydrogen (secondary N) is 1. The van der Waals surface area contributed by atoms with Crippen LogP contribution in [0.4, 0.5) is 0 Å². The average molecular weight is 280 g/mol. The molecule has 2 unspecified atom stereocenters. The van der Waals surface area contributed by atoms with Crippen LogP contribution in [0, 0.1) is 0 Å². The molecule has 1 aliphatic carbocycles. The van der Waals surface area contributed by atoms with Crippen molar-refractivity contribution in [3.8, 4) is 0 Å². The molecule has 1 aliphatic heterocycles. The summed E-state index contributed by atoms with van der Waals surface area (Å²) >= 11 is 1.83. The van der Waals surface area contributed by atoms with Gasteiger partial charge >= 0.3 is 0 Å². The normalized spacial score (nSPS) is 31.9. The SMILES string of the molecule is CC1CC(NC2CC2)(c2nc(C(C)C)cs2)CCO1. The van der Waals surface area contributed by atoms with Gasteiger partial charge in [0.25, 0.3) is 0 Å². The van der Waals surface area contributed by atoms with Gasteiger partial charge in [0.2, 0.25) is 0 Å². The molecular formula is C15H24N2OS. The molecule has 0 aromatic carbocycles. The summed E-state index contributed by atoms with van der Waals surface area (Å²) in [7, 11) is 0. The van der Waals surface area contributed by atoms with Gasteiger partial charge in [-0.15, -0.1) is 11.3 Å². The lowest BCUT2D eigenvalue weighted by Crippen LogP contribution is -2.49. The summed E-state index contributed by atoms with van der Waals surface area (Å²) in [6.45, 7) is 7.45. The van der Waals surface area contributed by atoms with Gasteiger partial charge in [-0.2, -0.15) is 0 Å². The van der Waals surface area contributed by atoms with E-state index in [0.717, 1.165) is 19.4 Å². The molecule has 19 heavy (non-hydrogen) atoms. The van der Waals surface area contributed by atoms with E-state index in [-0.39, 0.29) is 5.54 Å². The summed E-state index contributed by atoms with van der Waals surface area (Å²) in [5, 5.41) is 7.38. The van der Waals surface area contributed by atoms with Gasteiger partial charge in [0.1, 0.15) is 5.01 Å². The maximum Gasteiger partial charge on any atom is 0.113 e. The minimum Gasteiger partial charge on any atom is -0.378 e. The van der Waals surface area contributed by atoms with Gasteiger partial charge in [-0.3, -0.25) is 0 Å². The van der Waals surface area contributed by atoms with Crippen molar-refractivity contribution in [2.45, 2.75) is 70.1 Å². The van der Waals surface area contributed by atoms with Crippen molar-refractivity contribution in [2.75, 3.05) is 6.61 Å². The van der Waals surface area contributed by atoms with Gasteiger partial charge in [0.15, 0.2) is 0 Å². The Morgan fingerprint density at radius 1 is 1.47 bits per heavy atom. The molecule has 3 rings (SSSR count). The number of hydrogen-bond acceptors (Lipinski definition) is 4. The zero-order valence-electron chi connectivity index (χ0n) is 12.1. The highest BCUT2D eigenvalue weighted by Gasteiger charge is 2.43. The largest absolute Gasteiger partial charge is 0.378 e. The van der Waals surface area contributed by atoms with Crippen LogP contribution in [0.2, 0.25) is 0 Å². The predicted molar refractivity (Wildman–Crippen MR) is 78.7 cm³/mol. The van der Waals surface area contributed by atoms with E-state index in [1.54, 1.807) is 0 Å². The van der Waals surface area contributed by atoms with Gasteiger partial charge in [-0.1, -0.05) is 13.8 Å².